The number of anilines is 1. The van der Waals surface area contributed by atoms with Crippen molar-refractivity contribution >= 4 is 39.1 Å². The number of ether oxygens (including phenoxy) is 2. The summed E-state index contributed by atoms with van der Waals surface area (Å²) in [4.78, 5) is 29.9. The van der Waals surface area contributed by atoms with Crippen molar-refractivity contribution < 1.29 is 27.5 Å². The topological polar surface area (TPSA) is 105 Å². The van der Waals surface area contributed by atoms with Crippen LogP contribution >= 0.6 is 11.6 Å². The highest BCUT2D eigenvalue weighted by molar-refractivity contribution is 7.92. The molecular weight excluding hydrogens is 638 g/mol. The number of hydrogen-bond donors (Lipinski definition) is 1. The van der Waals surface area contributed by atoms with Crippen LogP contribution in [-0.4, -0.2) is 58.0 Å². The van der Waals surface area contributed by atoms with Gasteiger partial charge in [0.1, 0.15) is 12.6 Å². The minimum atomic E-state index is -4.28. The number of carbonyl (C=O) groups is 2. The molecule has 0 bridgehead atoms. The van der Waals surface area contributed by atoms with Crippen LogP contribution in [0.4, 0.5) is 5.69 Å². The SMILES string of the molecule is COc1ccc(N(CC(=O)N(Cc2cccc(Cl)c2)[C@H](Cc2ccccc2)C(=O)NC(C)C)S(=O)(=O)c2ccc(C)cc2)cc1OC. The van der Waals surface area contributed by atoms with Gasteiger partial charge < -0.3 is 19.7 Å². The van der Waals surface area contributed by atoms with Crippen LogP contribution in [0.2, 0.25) is 5.02 Å². The highest BCUT2D eigenvalue weighted by Gasteiger charge is 2.35. The summed E-state index contributed by atoms with van der Waals surface area (Å²) in [5.41, 5.74) is 2.58. The first kappa shape index (κ1) is 35.3. The second-order valence-electron chi connectivity index (χ2n) is 11.4. The van der Waals surface area contributed by atoms with E-state index in [1.807, 2.05) is 51.1 Å². The van der Waals surface area contributed by atoms with Gasteiger partial charge in [-0.15, -0.1) is 0 Å². The van der Waals surface area contributed by atoms with Gasteiger partial charge in [0.05, 0.1) is 24.8 Å². The van der Waals surface area contributed by atoms with Gasteiger partial charge in [-0.1, -0.05) is 71.8 Å². The summed E-state index contributed by atoms with van der Waals surface area (Å²) in [6.07, 6.45) is 0.201. The molecule has 0 fully saturated rings. The fourth-order valence-corrected chi connectivity index (χ4v) is 6.73. The first-order valence-corrected chi connectivity index (χ1v) is 16.9. The number of halogens is 1. The molecule has 1 atom stereocenters. The first-order valence-electron chi connectivity index (χ1n) is 15.1. The number of aryl methyl sites for hydroxylation is 1. The van der Waals surface area contributed by atoms with Gasteiger partial charge in [0.25, 0.3) is 10.0 Å². The van der Waals surface area contributed by atoms with E-state index in [4.69, 9.17) is 21.1 Å². The van der Waals surface area contributed by atoms with Gasteiger partial charge >= 0.3 is 0 Å². The number of hydrogen-bond acceptors (Lipinski definition) is 6. The Bertz CT molecular complexity index is 1780. The van der Waals surface area contributed by atoms with E-state index in [1.165, 1.54) is 37.3 Å². The average molecular weight is 678 g/mol. The van der Waals surface area contributed by atoms with Gasteiger partial charge in [0, 0.05) is 30.1 Å². The molecule has 11 heteroatoms. The molecule has 0 saturated heterocycles. The molecule has 0 aromatic heterocycles. The number of benzene rings is 4. The molecule has 4 rings (SSSR count). The molecular formula is C36H40ClN3O6S. The van der Waals surface area contributed by atoms with E-state index in [0.717, 1.165) is 15.4 Å². The van der Waals surface area contributed by atoms with Crippen LogP contribution in [0.3, 0.4) is 0 Å². The molecule has 248 valence electrons. The molecule has 0 saturated carbocycles. The molecule has 0 spiro atoms. The smallest absolute Gasteiger partial charge is 0.264 e. The number of rotatable bonds is 14. The summed E-state index contributed by atoms with van der Waals surface area (Å²) in [6.45, 7) is 4.94. The third-order valence-electron chi connectivity index (χ3n) is 7.49. The Labute approximate surface area is 282 Å². The Hall–Kier alpha value is -4.54. The van der Waals surface area contributed by atoms with Crippen molar-refractivity contribution in [3.63, 3.8) is 0 Å². The summed E-state index contributed by atoms with van der Waals surface area (Å²) in [5.74, 6) is -0.268. The maximum Gasteiger partial charge on any atom is 0.264 e. The Kier molecular flexibility index (Phi) is 11.9. The second kappa shape index (κ2) is 15.8. The quantitative estimate of drug-likeness (QED) is 0.175. The monoisotopic (exact) mass is 677 g/mol. The molecule has 0 heterocycles. The molecule has 0 aliphatic rings. The van der Waals surface area contributed by atoms with Crippen LogP contribution in [0.15, 0.2) is 102 Å². The Balaban J connectivity index is 1.85. The fourth-order valence-electron chi connectivity index (χ4n) is 5.11. The summed E-state index contributed by atoms with van der Waals surface area (Å²) in [5, 5.41) is 3.42. The van der Waals surface area contributed by atoms with Crippen LogP contribution in [0.1, 0.15) is 30.5 Å². The lowest BCUT2D eigenvalue weighted by molar-refractivity contribution is -0.140. The van der Waals surface area contributed by atoms with E-state index in [2.05, 4.69) is 5.32 Å². The molecule has 4 aromatic carbocycles. The molecule has 0 aliphatic carbocycles. The number of amides is 2. The maximum absolute atomic E-state index is 14.6. The first-order chi connectivity index (χ1) is 22.4. The zero-order valence-corrected chi connectivity index (χ0v) is 28.7. The predicted octanol–water partition coefficient (Wildman–Crippen LogP) is 6.03. The lowest BCUT2D eigenvalue weighted by atomic mass is 10.0. The number of carbonyl (C=O) groups excluding carboxylic acids is 2. The summed E-state index contributed by atoms with van der Waals surface area (Å²) < 4.78 is 40.4. The maximum atomic E-state index is 14.6. The van der Waals surface area contributed by atoms with Crippen LogP contribution in [0, 0.1) is 6.92 Å². The second-order valence-corrected chi connectivity index (χ2v) is 13.7. The average Bonchev–Trinajstić information content (AvgIpc) is 3.05. The molecule has 0 radical (unpaired) electrons. The Morgan fingerprint density at radius 1 is 0.830 bits per heavy atom. The van der Waals surface area contributed by atoms with Crippen LogP contribution in [0.5, 0.6) is 11.5 Å². The zero-order valence-electron chi connectivity index (χ0n) is 27.1. The van der Waals surface area contributed by atoms with E-state index >= 15 is 0 Å². The third kappa shape index (κ3) is 9.05. The van der Waals surface area contributed by atoms with Crippen molar-refractivity contribution in [3.05, 3.63) is 119 Å². The number of sulfonamides is 1. The van der Waals surface area contributed by atoms with Crippen LogP contribution < -0.4 is 19.1 Å². The van der Waals surface area contributed by atoms with Crippen molar-refractivity contribution in [2.75, 3.05) is 25.1 Å². The highest BCUT2D eigenvalue weighted by atomic mass is 35.5. The van der Waals surface area contributed by atoms with E-state index in [-0.39, 0.29) is 41.2 Å². The van der Waals surface area contributed by atoms with Crippen molar-refractivity contribution in [2.45, 2.75) is 50.7 Å². The Morgan fingerprint density at radius 3 is 2.11 bits per heavy atom. The van der Waals surface area contributed by atoms with Crippen molar-refractivity contribution in [1.29, 1.82) is 0 Å². The van der Waals surface area contributed by atoms with E-state index in [0.29, 0.717) is 16.3 Å². The zero-order chi connectivity index (χ0) is 34.1. The molecule has 9 nitrogen and oxygen atoms in total. The van der Waals surface area contributed by atoms with E-state index in [1.54, 1.807) is 48.5 Å². The minimum absolute atomic E-state index is 0.00506. The van der Waals surface area contributed by atoms with Gasteiger partial charge in [0.2, 0.25) is 11.8 Å². The molecule has 0 unspecified atom stereocenters. The van der Waals surface area contributed by atoms with Gasteiger partial charge in [0.15, 0.2) is 11.5 Å². The van der Waals surface area contributed by atoms with E-state index in [9.17, 15) is 18.0 Å². The van der Waals surface area contributed by atoms with Gasteiger partial charge in [-0.2, -0.15) is 0 Å². The summed E-state index contributed by atoms with van der Waals surface area (Å²) >= 11 is 6.31. The normalized spacial score (nSPS) is 11.9. The van der Waals surface area contributed by atoms with E-state index < -0.39 is 28.5 Å². The lowest BCUT2D eigenvalue weighted by Gasteiger charge is -2.34. The van der Waals surface area contributed by atoms with Gasteiger partial charge in [-0.05, 0) is 68.3 Å². The van der Waals surface area contributed by atoms with Crippen molar-refractivity contribution in [1.82, 2.24) is 10.2 Å². The summed E-state index contributed by atoms with van der Waals surface area (Å²) in [7, 11) is -1.36. The molecule has 2 amide bonds. The molecule has 47 heavy (non-hydrogen) atoms. The minimum Gasteiger partial charge on any atom is -0.493 e. The molecule has 0 aliphatic heterocycles. The lowest BCUT2D eigenvalue weighted by Crippen LogP contribution is -2.54. The van der Waals surface area contributed by atoms with Crippen molar-refractivity contribution in [2.24, 2.45) is 0 Å². The number of nitrogens with one attached hydrogen (secondary N) is 1. The number of methoxy groups -OCH3 is 2. The van der Waals surface area contributed by atoms with Crippen LogP contribution in [-0.2, 0) is 32.6 Å². The molecule has 1 N–H and O–H groups in total. The third-order valence-corrected chi connectivity index (χ3v) is 9.51. The fraction of sp³-hybridized carbons (Fsp3) is 0.278. The van der Waals surface area contributed by atoms with Gasteiger partial charge in [-0.25, -0.2) is 8.42 Å². The standard InChI is InChI=1S/C36H40ClN3O6S/c1-25(2)38-36(42)32(21-27-10-7-6-8-11-27)39(23-28-12-9-13-29(37)20-28)35(41)24-40(30-16-19-33(45-4)34(22-30)46-5)47(43,44)31-17-14-26(3)15-18-31/h6-20,22,25,32H,21,23-24H2,1-5H3,(H,38,42)/t32-/m1/s1. The number of nitrogens with zero attached hydrogens (tertiary/aromatic N) is 2. The Morgan fingerprint density at radius 2 is 1.49 bits per heavy atom. The van der Waals surface area contributed by atoms with Crippen molar-refractivity contribution in [3.8, 4) is 11.5 Å². The predicted molar refractivity (Wildman–Crippen MR) is 184 cm³/mol. The highest BCUT2D eigenvalue weighted by Crippen LogP contribution is 2.34. The largest absolute Gasteiger partial charge is 0.493 e. The van der Waals surface area contributed by atoms with Gasteiger partial charge in [-0.3, -0.25) is 13.9 Å². The molecule has 4 aromatic rings. The summed E-state index contributed by atoms with van der Waals surface area (Å²) in [6, 6.07) is 26.2. The van der Waals surface area contributed by atoms with Crippen LogP contribution in [0.25, 0.3) is 0 Å².